The number of aromatic amines is 1. The van der Waals surface area contributed by atoms with Crippen molar-refractivity contribution in [2.45, 2.75) is 19.9 Å². The van der Waals surface area contributed by atoms with Crippen molar-refractivity contribution in [3.8, 4) is 0 Å². The lowest BCUT2D eigenvalue weighted by molar-refractivity contribution is -0.136. The standard InChI is InChI=1S/C19H25ClN6O/c1-14-21-18(23-22-14)13-24-8-10-25(11-9-24)19(27)15-6-7-26(12-15)17-5-3-2-4-16(17)20/h2-5,15H,6-13H2,1H3,(H,21,22,23). The van der Waals surface area contributed by atoms with E-state index in [4.69, 9.17) is 11.6 Å². The molecule has 1 unspecified atom stereocenters. The number of benzene rings is 1. The molecule has 2 aliphatic rings. The van der Waals surface area contributed by atoms with Crippen molar-refractivity contribution in [1.29, 1.82) is 0 Å². The summed E-state index contributed by atoms with van der Waals surface area (Å²) in [4.78, 5) is 23.9. The van der Waals surface area contributed by atoms with Gasteiger partial charge >= 0.3 is 0 Å². The summed E-state index contributed by atoms with van der Waals surface area (Å²) in [6, 6.07) is 7.86. The number of nitrogens with one attached hydrogen (secondary N) is 1. The van der Waals surface area contributed by atoms with Crippen molar-refractivity contribution in [3.05, 3.63) is 40.9 Å². The van der Waals surface area contributed by atoms with E-state index >= 15 is 0 Å². The topological polar surface area (TPSA) is 68.4 Å². The minimum absolute atomic E-state index is 0.0588. The Balaban J connectivity index is 1.29. The second kappa shape index (κ2) is 7.86. The lowest BCUT2D eigenvalue weighted by atomic mass is 10.1. The predicted molar refractivity (Wildman–Crippen MR) is 105 cm³/mol. The Bertz CT molecular complexity index is 801. The van der Waals surface area contributed by atoms with Crippen LogP contribution in [0.25, 0.3) is 0 Å². The maximum atomic E-state index is 12.9. The van der Waals surface area contributed by atoms with Crippen LogP contribution in [-0.4, -0.2) is 70.2 Å². The number of anilines is 1. The van der Waals surface area contributed by atoms with Crippen LogP contribution in [0.3, 0.4) is 0 Å². The molecule has 1 amide bonds. The second-order valence-electron chi connectivity index (χ2n) is 7.32. The van der Waals surface area contributed by atoms with Crippen LogP contribution in [-0.2, 0) is 11.3 Å². The third kappa shape index (κ3) is 4.09. The number of aromatic nitrogens is 3. The Morgan fingerprint density at radius 1 is 1.22 bits per heavy atom. The largest absolute Gasteiger partial charge is 0.370 e. The number of carbonyl (C=O) groups excluding carboxylic acids is 1. The van der Waals surface area contributed by atoms with Crippen LogP contribution in [0.5, 0.6) is 0 Å². The van der Waals surface area contributed by atoms with Gasteiger partial charge in [-0.2, -0.15) is 5.10 Å². The van der Waals surface area contributed by atoms with Crippen molar-refractivity contribution in [1.82, 2.24) is 25.0 Å². The lowest BCUT2D eigenvalue weighted by Crippen LogP contribution is -2.50. The maximum absolute atomic E-state index is 12.9. The molecule has 1 aromatic heterocycles. The molecule has 4 rings (SSSR count). The average Bonchev–Trinajstić information content (AvgIpc) is 3.31. The molecule has 3 heterocycles. The molecule has 0 radical (unpaired) electrons. The number of aryl methyl sites for hydroxylation is 1. The molecule has 2 aromatic rings. The van der Waals surface area contributed by atoms with Crippen molar-refractivity contribution in [2.75, 3.05) is 44.2 Å². The van der Waals surface area contributed by atoms with Crippen LogP contribution in [0.2, 0.25) is 5.02 Å². The van der Waals surface area contributed by atoms with Gasteiger partial charge in [-0.05, 0) is 25.5 Å². The smallest absolute Gasteiger partial charge is 0.227 e. The zero-order valence-corrected chi connectivity index (χ0v) is 16.3. The van der Waals surface area contributed by atoms with Gasteiger partial charge < -0.3 is 9.80 Å². The number of amides is 1. The SMILES string of the molecule is Cc1nc(CN2CCN(C(=O)C3CCN(c4ccccc4Cl)C3)CC2)n[nH]1. The van der Waals surface area contributed by atoms with Crippen molar-refractivity contribution in [2.24, 2.45) is 5.92 Å². The van der Waals surface area contributed by atoms with E-state index in [1.807, 2.05) is 36.1 Å². The fourth-order valence-corrected chi connectivity index (χ4v) is 4.19. The van der Waals surface area contributed by atoms with Gasteiger partial charge in [0.1, 0.15) is 5.82 Å². The summed E-state index contributed by atoms with van der Waals surface area (Å²) in [6.45, 7) is 7.52. The fourth-order valence-electron chi connectivity index (χ4n) is 3.93. The first kappa shape index (κ1) is 18.3. The highest BCUT2D eigenvalue weighted by molar-refractivity contribution is 6.33. The van der Waals surface area contributed by atoms with Crippen LogP contribution in [0.15, 0.2) is 24.3 Å². The summed E-state index contributed by atoms with van der Waals surface area (Å²) in [7, 11) is 0. The summed E-state index contributed by atoms with van der Waals surface area (Å²) in [5.74, 6) is 1.99. The third-order valence-corrected chi connectivity index (χ3v) is 5.74. The molecule has 2 aliphatic heterocycles. The lowest BCUT2D eigenvalue weighted by Gasteiger charge is -2.35. The number of rotatable bonds is 4. The van der Waals surface area contributed by atoms with E-state index in [2.05, 4.69) is 25.0 Å². The second-order valence-corrected chi connectivity index (χ2v) is 7.73. The zero-order chi connectivity index (χ0) is 18.8. The van der Waals surface area contributed by atoms with Gasteiger partial charge in [0, 0.05) is 39.3 Å². The van der Waals surface area contributed by atoms with Gasteiger partial charge in [0.15, 0.2) is 5.82 Å². The molecule has 0 bridgehead atoms. The first-order valence-corrected chi connectivity index (χ1v) is 9.86. The molecule has 27 heavy (non-hydrogen) atoms. The van der Waals surface area contributed by atoms with E-state index in [9.17, 15) is 4.79 Å². The predicted octanol–water partition coefficient (Wildman–Crippen LogP) is 1.94. The third-order valence-electron chi connectivity index (χ3n) is 5.42. The van der Waals surface area contributed by atoms with Crippen LogP contribution >= 0.6 is 11.6 Å². The summed E-state index contributed by atoms with van der Waals surface area (Å²) < 4.78 is 0. The number of piperazine rings is 1. The van der Waals surface area contributed by atoms with Crippen molar-refractivity contribution in [3.63, 3.8) is 0 Å². The van der Waals surface area contributed by atoms with Gasteiger partial charge in [-0.1, -0.05) is 23.7 Å². The number of nitrogens with zero attached hydrogens (tertiary/aromatic N) is 5. The fraction of sp³-hybridized carbons (Fsp3) is 0.526. The number of carbonyl (C=O) groups is 1. The van der Waals surface area contributed by atoms with E-state index in [-0.39, 0.29) is 11.8 Å². The van der Waals surface area contributed by atoms with E-state index in [1.165, 1.54) is 0 Å². The summed E-state index contributed by atoms with van der Waals surface area (Å²) in [5.41, 5.74) is 1.03. The quantitative estimate of drug-likeness (QED) is 0.866. The zero-order valence-electron chi connectivity index (χ0n) is 15.6. The number of hydrogen-bond donors (Lipinski definition) is 1. The van der Waals surface area contributed by atoms with Gasteiger partial charge in [-0.3, -0.25) is 14.8 Å². The van der Waals surface area contributed by atoms with Crippen LogP contribution < -0.4 is 4.90 Å². The molecular weight excluding hydrogens is 364 g/mol. The molecule has 7 nitrogen and oxygen atoms in total. The normalized spacial score (nSPS) is 21.0. The molecule has 0 spiro atoms. The molecule has 0 aliphatic carbocycles. The highest BCUT2D eigenvalue weighted by Crippen LogP contribution is 2.30. The molecule has 144 valence electrons. The molecule has 0 saturated carbocycles. The van der Waals surface area contributed by atoms with Crippen molar-refractivity contribution < 1.29 is 4.79 Å². The average molecular weight is 389 g/mol. The van der Waals surface area contributed by atoms with E-state index < -0.39 is 0 Å². The van der Waals surface area contributed by atoms with Crippen molar-refractivity contribution >= 4 is 23.2 Å². The Morgan fingerprint density at radius 2 is 2.00 bits per heavy atom. The monoisotopic (exact) mass is 388 g/mol. The highest BCUT2D eigenvalue weighted by Gasteiger charge is 2.33. The first-order chi connectivity index (χ1) is 13.1. The maximum Gasteiger partial charge on any atom is 0.227 e. The van der Waals surface area contributed by atoms with Crippen LogP contribution in [0.4, 0.5) is 5.69 Å². The van der Waals surface area contributed by atoms with Gasteiger partial charge in [0.2, 0.25) is 5.91 Å². The number of para-hydroxylation sites is 1. The van der Waals surface area contributed by atoms with E-state index in [0.29, 0.717) is 0 Å². The highest BCUT2D eigenvalue weighted by atomic mass is 35.5. The summed E-state index contributed by atoms with van der Waals surface area (Å²) in [5, 5.41) is 7.83. The molecular formula is C19H25ClN6O. The first-order valence-electron chi connectivity index (χ1n) is 9.48. The van der Waals surface area contributed by atoms with Gasteiger partial charge in [0.25, 0.3) is 0 Å². The van der Waals surface area contributed by atoms with E-state index in [0.717, 1.165) is 74.6 Å². The Morgan fingerprint density at radius 3 is 2.70 bits per heavy atom. The van der Waals surface area contributed by atoms with Crippen LogP contribution in [0, 0.1) is 12.8 Å². The summed E-state index contributed by atoms with van der Waals surface area (Å²) >= 11 is 6.31. The minimum Gasteiger partial charge on any atom is -0.370 e. The Labute approximate surface area is 164 Å². The Kier molecular flexibility index (Phi) is 5.31. The number of halogens is 1. The molecule has 2 fully saturated rings. The number of hydrogen-bond acceptors (Lipinski definition) is 5. The number of H-pyrrole nitrogens is 1. The molecule has 1 N–H and O–H groups in total. The Hall–Kier alpha value is -2.12. The van der Waals surface area contributed by atoms with Crippen LogP contribution in [0.1, 0.15) is 18.1 Å². The molecule has 8 heteroatoms. The molecule has 1 atom stereocenters. The minimum atomic E-state index is 0.0588. The van der Waals surface area contributed by atoms with E-state index in [1.54, 1.807) is 0 Å². The summed E-state index contributed by atoms with van der Waals surface area (Å²) in [6.07, 6.45) is 0.890. The van der Waals surface area contributed by atoms with Gasteiger partial charge in [-0.15, -0.1) is 0 Å². The molecule has 2 saturated heterocycles. The van der Waals surface area contributed by atoms with Gasteiger partial charge in [-0.25, -0.2) is 4.98 Å². The van der Waals surface area contributed by atoms with Gasteiger partial charge in [0.05, 0.1) is 23.2 Å². The molecule has 1 aromatic carbocycles.